The van der Waals surface area contributed by atoms with Gasteiger partial charge in [0.05, 0.1) is 11.6 Å². The van der Waals surface area contributed by atoms with Crippen molar-refractivity contribution in [1.29, 1.82) is 0 Å². The molecule has 0 N–H and O–H groups in total. The summed E-state index contributed by atoms with van der Waals surface area (Å²) >= 11 is 0. The standard InChI is InChI=1S/C14H19N5O3S/c1-10-16-17-13(22-10)14-6-3-4-11(14)8-19(9-14)23(20,21)12-5-7-15-18(12)2/h5,7,11H,3-4,6,8-9H2,1-2H3/t11-,14-/m0/s1. The monoisotopic (exact) mass is 337 g/mol. The van der Waals surface area contributed by atoms with Crippen LogP contribution in [0.15, 0.2) is 21.7 Å². The van der Waals surface area contributed by atoms with Crippen molar-refractivity contribution in [3.05, 3.63) is 24.0 Å². The minimum absolute atomic E-state index is 0.217. The van der Waals surface area contributed by atoms with E-state index < -0.39 is 10.0 Å². The fourth-order valence-corrected chi connectivity index (χ4v) is 5.68. The van der Waals surface area contributed by atoms with Crippen molar-refractivity contribution < 1.29 is 12.8 Å². The number of nitrogens with zero attached hydrogens (tertiary/aromatic N) is 5. The summed E-state index contributed by atoms with van der Waals surface area (Å²) in [6.07, 6.45) is 4.43. The van der Waals surface area contributed by atoms with E-state index in [-0.39, 0.29) is 16.4 Å². The van der Waals surface area contributed by atoms with Gasteiger partial charge in [0.25, 0.3) is 10.0 Å². The molecule has 0 bridgehead atoms. The molecule has 2 aliphatic rings. The number of fused-ring (bicyclic) bond motifs is 1. The predicted molar refractivity (Wildman–Crippen MR) is 80.0 cm³/mol. The highest BCUT2D eigenvalue weighted by Crippen LogP contribution is 2.51. The maximum atomic E-state index is 12.9. The van der Waals surface area contributed by atoms with Crippen molar-refractivity contribution >= 4 is 10.0 Å². The maximum Gasteiger partial charge on any atom is 0.260 e. The predicted octanol–water partition coefficient (Wildman–Crippen LogP) is 0.854. The molecule has 8 nitrogen and oxygen atoms in total. The number of aryl methyl sites for hydroxylation is 2. The van der Waals surface area contributed by atoms with Crippen molar-refractivity contribution in [2.75, 3.05) is 13.1 Å². The Kier molecular flexibility index (Phi) is 3.14. The van der Waals surface area contributed by atoms with Gasteiger partial charge in [-0.15, -0.1) is 10.2 Å². The molecule has 0 aromatic carbocycles. The van der Waals surface area contributed by atoms with E-state index in [2.05, 4.69) is 15.3 Å². The average molecular weight is 337 g/mol. The van der Waals surface area contributed by atoms with Crippen LogP contribution in [0.1, 0.15) is 31.0 Å². The Morgan fingerprint density at radius 2 is 2.22 bits per heavy atom. The number of sulfonamides is 1. The summed E-state index contributed by atoms with van der Waals surface area (Å²) in [7, 11) is -1.92. The fraction of sp³-hybridized carbons (Fsp3) is 0.643. The molecule has 4 rings (SSSR count). The first-order chi connectivity index (χ1) is 10.9. The van der Waals surface area contributed by atoms with Gasteiger partial charge >= 0.3 is 0 Å². The van der Waals surface area contributed by atoms with Crippen molar-refractivity contribution in [1.82, 2.24) is 24.3 Å². The molecular formula is C14H19N5O3S. The molecule has 2 atom stereocenters. The van der Waals surface area contributed by atoms with Crippen molar-refractivity contribution in [3.63, 3.8) is 0 Å². The van der Waals surface area contributed by atoms with Crippen LogP contribution in [0.25, 0.3) is 0 Å². The topological polar surface area (TPSA) is 94.1 Å². The Hall–Kier alpha value is -1.74. The molecule has 23 heavy (non-hydrogen) atoms. The van der Waals surface area contributed by atoms with Gasteiger partial charge in [-0.2, -0.15) is 9.40 Å². The molecule has 1 saturated heterocycles. The third-order valence-electron chi connectivity index (χ3n) is 5.17. The molecule has 0 amide bonds. The van der Waals surface area contributed by atoms with Gasteiger partial charge in [0, 0.05) is 27.1 Å². The summed E-state index contributed by atoms with van der Waals surface area (Å²) in [5.74, 6) is 1.33. The second kappa shape index (κ2) is 4.88. The van der Waals surface area contributed by atoms with Crippen LogP contribution in [-0.2, 0) is 22.5 Å². The molecule has 2 aromatic heterocycles. The second-order valence-corrected chi connectivity index (χ2v) is 8.35. The van der Waals surface area contributed by atoms with Gasteiger partial charge in [-0.1, -0.05) is 6.42 Å². The van der Waals surface area contributed by atoms with Crippen LogP contribution >= 0.6 is 0 Å². The van der Waals surface area contributed by atoms with E-state index in [4.69, 9.17) is 4.42 Å². The van der Waals surface area contributed by atoms with Gasteiger partial charge in [0.1, 0.15) is 0 Å². The lowest BCUT2D eigenvalue weighted by Crippen LogP contribution is -2.35. The molecule has 1 saturated carbocycles. The largest absolute Gasteiger partial charge is 0.425 e. The lowest BCUT2D eigenvalue weighted by Gasteiger charge is -2.24. The molecule has 0 radical (unpaired) electrons. The van der Waals surface area contributed by atoms with Gasteiger partial charge in [-0.05, 0) is 24.8 Å². The summed E-state index contributed by atoms with van der Waals surface area (Å²) in [5.41, 5.74) is -0.340. The Morgan fingerprint density at radius 3 is 2.87 bits per heavy atom. The average Bonchev–Trinajstić information content (AvgIpc) is 3.19. The van der Waals surface area contributed by atoms with Crippen LogP contribution in [0.5, 0.6) is 0 Å². The summed E-state index contributed by atoms with van der Waals surface area (Å²) in [5, 5.41) is 12.3. The van der Waals surface area contributed by atoms with Gasteiger partial charge in [-0.25, -0.2) is 8.42 Å². The molecule has 1 aliphatic carbocycles. The Balaban J connectivity index is 1.72. The normalized spacial score (nSPS) is 28.3. The van der Waals surface area contributed by atoms with E-state index in [9.17, 15) is 8.42 Å². The Labute approximate surface area is 134 Å². The van der Waals surface area contributed by atoms with E-state index in [1.54, 1.807) is 18.3 Å². The fourth-order valence-electron chi connectivity index (χ4n) is 4.02. The van der Waals surface area contributed by atoms with Gasteiger partial charge in [0.15, 0.2) is 5.03 Å². The van der Waals surface area contributed by atoms with Gasteiger partial charge in [-0.3, -0.25) is 4.68 Å². The minimum Gasteiger partial charge on any atom is -0.425 e. The zero-order chi connectivity index (χ0) is 16.2. The van der Waals surface area contributed by atoms with Crippen LogP contribution in [-0.4, -0.2) is 45.8 Å². The second-order valence-electron chi connectivity index (χ2n) is 6.46. The summed E-state index contributed by atoms with van der Waals surface area (Å²) < 4.78 is 34.5. The minimum atomic E-state index is -3.56. The zero-order valence-electron chi connectivity index (χ0n) is 13.1. The third kappa shape index (κ3) is 2.06. The quantitative estimate of drug-likeness (QED) is 0.824. The molecule has 2 aromatic rings. The number of hydrogen-bond donors (Lipinski definition) is 0. The molecule has 0 unspecified atom stereocenters. The maximum absolute atomic E-state index is 12.9. The van der Waals surface area contributed by atoms with Crippen LogP contribution < -0.4 is 0 Å². The zero-order valence-corrected chi connectivity index (χ0v) is 14.0. The molecular weight excluding hydrogens is 318 g/mol. The lowest BCUT2D eigenvalue weighted by molar-refractivity contribution is 0.293. The first-order valence-electron chi connectivity index (χ1n) is 7.72. The molecule has 0 spiro atoms. The van der Waals surface area contributed by atoms with Crippen LogP contribution in [0.4, 0.5) is 0 Å². The highest BCUT2D eigenvalue weighted by Gasteiger charge is 2.56. The molecule has 3 heterocycles. The third-order valence-corrected chi connectivity index (χ3v) is 7.06. The van der Waals surface area contributed by atoms with E-state index in [1.165, 1.54) is 16.9 Å². The van der Waals surface area contributed by atoms with E-state index in [0.29, 0.717) is 24.9 Å². The van der Waals surface area contributed by atoms with E-state index in [1.807, 2.05) is 0 Å². The summed E-state index contributed by atoms with van der Waals surface area (Å²) in [6.45, 7) is 2.65. The SMILES string of the molecule is Cc1nnc([C@]23CCC[C@H]2CN(S(=O)(=O)c2ccnn2C)C3)o1. The highest BCUT2D eigenvalue weighted by atomic mass is 32.2. The van der Waals surface area contributed by atoms with Gasteiger partial charge in [0.2, 0.25) is 11.8 Å². The smallest absolute Gasteiger partial charge is 0.260 e. The first-order valence-corrected chi connectivity index (χ1v) is 9.16. The number of aromatic nitrogens is 4. The first kappa shape index (κ1) is 14.8. The van der Waals surface area contributed by atoms with E-state index in [0.717, 1.165) is 19.3 Å². The Morgan fingerprint density at radius 1 is 1.39 bits per heavy atom. The summed E-state index contributed by atoms with van der Waals surface area (Å²) in [4.78, 5) is 0. The van der Waals surface area contributed by atoms with Crippen LogP contribution in [0.3, 0.4) is 0 Å². The van der Waals surface area contributed by atoms with Gasteiger partial charge < -0.3 is 4.42 Å². The lowest BCUT2D eigenvalue weighted by atomic mass is 9.81. The van der Waals surface area contributed by atoms with Crippen LogP contribution in [0, 0.1) is 12.8 Å². The summed E-state index contributed by atoms with van der Waals surface area (Å²) in [6, 6.07) is 1.53. The number of rotatable bonds is 3. The van der Waals surface area contributed by atoms with Crippen molar-refractivity contribution in [2.24, 2.45) is 13.0 Å². The Bertz CT molecular complexity index is 842. The number of hydrogen-bond acceptors (Lipinski definition) is 6. The molecule has 1 aliphatic heterocycles. The molecule has 9 heteroatoms. The van der Waals surface area contributed by atoms with Crippen molar-refractivity contribution in [2.45, 2.75) is 36.6 Å². The molecule has 124 valence electrons. The van der Waals surface area contributed by atoms with Crippen molar-refractivity contribution in [3.8, 4) is 0 Å². The van der Waals surface area contributed by atoms with E-state index >= 15 is 0 Å². The highest BCUT2D eigenvalue weighted by molar-refractivity contribution is 7.89. The molecule has 2 fully saturated rings. The van der Waals surface area contributed by atoms with Crippen LogP contribution in [0.2, 0.25) is 0 Å².